The zero-order valence-corrected chi connectivity index (χ0v) is 22.0. The Bertz CT molecular complexity index is 1420. The first kappa shape index (κ1) is 25.7. The van der Waals surface area contributed by atoms with Crippen LogP contribution in [0, 0.1) is 11.8 Å². The maximum absolute atomic E-state index is 13.6. The highest BCUT2D eigenvalue weighted by molar-refractivity contribution is 7.89. The Kier molecular flexibility index (Phi) is 7.24. The average molecular weight is 528 g/mol. The Balaban J connectivity index is 1.48. The zero-order valence-electron chi connectivity index (χ0n) is 21.2. The Labute approximate surface area is 216 Å². The quantitative estimate of drug-likeness (QED) is 0.502. The number of rotatable bonds is 7. The molecule has 3 atom stereocenters. The first-order valence-corrected chi connectivity index (χ1v) is 14.2. The number of sulfonamides is 1. The Morgan fingerprint density at radius 2 is 1.97 bits per heavy atom. The highest BCUT2D eigenvalue weighted by atomic mass is 32.2. The first-order chi connectivity index (χ1) is 17.7. The summed E-state index contributed by atoms with van der Waals surface area (Å²) in [4.78, 5) is 31.8. The normalized spacial score (nSPS) is 22.9. The van der Waals surface area contributed by atoms with Gasteiger partial charge >= 0.3 is 0 Å². The topological polar surface area (TPSA) is 113 Å². The molecule has 0 saturated carbocycles. The van der Waals surface area contributed by atoms with Crippen molar-refractivity contribution in [1.82, 2.24) is 14.2 Å². The zero-order chi connectivity index (χ0) is 26.2. The van der Waals surface area contributed by atoms with Crippen LogP contribution in [0.5, 0.6) is 0 Å². The van der Waals surface area contributed by atoms with Gasteiger partial charge in [-0.2, -0.15) is 4.31 Å². The van der Waals surface area contributed by atoms with Gasteiger partial charge in [0.2, 0.25) is 15.5 Å². The van der Waals surface area contributed by atoms with E-state index in [0.717, 1.165) is 19.3 Å². The van der Waals surface area contributed by atoms with Crippen LogP contribution >= 0.6 is 0 Å². The van der Waals surface area contributed by atoms with Crippen LogP contribution in [0.3, 0.4) is 0 Å². The van der Waals surface area contributed by atoms with E-state index in [1.54, 1.807) is 29.4 Å². The largest absolute Gasteiger partial charge is 0.467 e. The molecule has 2 aliphatic rings. The summed E-state index contributed by atoms with van der Waals surface area (Å²) in [5.74, 6) is 0.662. The lowest BCUT2D eigenvalue weighted by molar-refractivity contribution is 0.0490. The fraction of sp³-hybridized carbons (Fsp3) is 0.481. The number of pyridine rings is 1. The number of benzene rings is 1. The number of piperidine rings is 1. The average Bonchev–Trinajstić information content (AvgIpc) is 3.57. The molecule has 1 amide bonds. The van der Waals surface area contributed by atoms with Crippen molar-refractivity contribution in [2.24, 2.45) is 11.8 Å². The second kappa shape index (κ2) is 10.4. The number of fused-ring (bicyclic) bond motifs is 1. The molecule has 0 aliphatic carbocycles. The van der Waals surface area contributed by atoms with Crippen molar-refractivity contribution in [2.75, 3.05) is 26.2 Å². The van der Waals surface area contributed by atoms with Gasteiger partial charge in [-0.05, 0) is 61.4 Å². The van der Waals surface area contributed by atoms with Crippen molar-refractivity contribution in [3.8, 4) is 0 Å². The lowest BCUT2D eigenvalue weighted by Crippen LogP contribution is -2.42. The molecule has 2 aromatic heterocycles. The maximum Gasteiger partial charge on any atom is 0.259 e. The van der Waals surface area contributed by atoms with Gasteiger partial charge in [-0.1, -0.05) is 13.8 Å². The van der Waals surface area contributed by atoms with Crippen LogP contribution in [-0.4, -0.2) is 60.9 Å². The molecule has 0 spiro atoms. The first-order valence-electron chi connectivity index (χ1n) is 12.8. The Morgan fingerprint density at radius 3 is 2.65 bits per heavy atom. The number of ether oxygens (including phenoxy) is 1. The van der Waals surface area contributed by atoms with Crippen molar-refractivity contribution in [1.29, 1.82) is 0 Å². The number of carbonyl (C=O) groups is 1. The van der Waals surface area contributed by atoms with Crippen LogP contribution in [0.4, 0.5) is 0 Å². The van der Waals surface area contributed by atoms with E-state index in [-0.39, 0.29) is 40.3 Å². The monoisotopic (exact) mass is 527 g/mol. The molecule has 37 heavy (non-hydrogen) atoms. The molecular formula is C27H33N3O6S. The highest BCUT2D eigenvalue weighted by Gasteiger charge is 2.32. The standard InChI is InChI=1S/C27H33N3O6S/c1-18-11-19(2)15-30(14-18)37(33,34)22-7-8-25-23(12-22)26(31)24(13-28-25)27(32)29(16-20-5-3-9-35-20)17-21-6-4-10-36-21/h3,5,7-9,12-13,18-19,21H,4,6,10-11,14-17H2,1-2H3,(H,28,31)/t18-,19-,21+/m1/s1. The predicted octanol–water partition coefficient (Wildman–Crippen LogP) is 3.61. The third-order valence-corrected chi connectivity index (χ3v) is 9.05. The molecule has 0 radical (unpaired) electrons. The fourth-order valence-corrected chi connectivity index (χ4v) is 7.19. The molecule has 2 saturated heterocycles. The molecule has 4 heterocycles. The lowest BCUT2D eigenvalue weighted by atomic mass is 9.94. The number of aromatic amines is 1. The van der Waals surface area contributed by atoms with E-state index in [9.17, 15) is 18.0 Å². The van der Waals surface area contributed by atoms with Crippen molar-refractivity contribution < 1.29 is 22.4 Å². The summed E-state index contributed by atoms with van der Waals surface area (Å²) in [5.41, 5.74) is -0.0858. The lowest BCUT2D eigenvalue weighted by Gasteiger charge is -2.34. The summed E-state index contributed by atoms with van der Waals surface area (Å²) < 4.78 is 39.6. The smallest absolute Gasteiger partial charge is 0.259 e. The predicted molar refractivity (Wildman–Crippen MR) is 139 cm³/mol. The summed E-state index contributed by atoms with van der Waals surface area (Å²) >= 11 is 0. The van der Waals surface area contributed by atoms with E-state index in [2.05, 4.69) is 4.98 Å². The molecule has 10 heteroatoms. The molecule has 9 nitrogen and oxygen atoms in total. The molecule has 3 aromatic rings. The number of nitrogens with zero attached hydrogens (tertiary/aromatic N) is 2. The van der Waals surface area contributed by atoms with Crippen LogP contribution < -0.4 is 5.43 Å². The van der Waals surface area contributed by atoms with Gasteiger partial charge in [-0.25, -0.2) is 8.42 Å². The third-order valence-electron chi connectivity index (χ3n) is 7.22. The molecule has 1 aromatic carbocycles. The van der Waals surface area contributed by atoms with Gasteiger partial charge in [0.25, 0.3) is 5.91 Å². The van der Waals surface area contributed by atoms with Crippen molar-refractivity contribution >= 4 is 26.8 Å². The van der Waals surface area contributed by atoms with Crippen molar-refractivity contribution in [2.45, 2.75) is 50.7 Å². The van der Waals surface area contributed by atoms with E-state index in [0.29, 0.717) is 37.5 Å². The number of furan rings is 1. The van der Waals surface area contributed by atoms with Gasteiger partial charge in [0.15, 0.2) is 0 Å². The summed E-state index contributed by atoms with van der Waals surface area (Å²) in [6.07, 6.45) is 5.58. The van der Waals surface area contributed by atoms with Crippen LogP contribution in [0.25, 0.3) is 10.9 Å². The fourth-order valence-electron chi connectivity index (χ4n) is 5.48. The molecular weight excluding hydrogens is 494 g/mol. The number of carbonyl (C=O) groups excluding carboxylic acids is 1. The van der Waals surface area contributed by atoms with E-state index in [1.807, 2.05) is 13.8 Å². The summed E-state index contributed by atoms with van der Waals surface area (Å²) in [6.45, 7) is 6.17. The number of aromatic nitrogens is 1. The number of hydrogen-bond donors (Lipinski definition) is 1. The van der Waals surface area contributed by atoms with Crippen LogP contribution in [0.2, 0.25) is 0 Å². The number of hydrogen-bond acceptors (Lipinski definition) is 6. The Morgan fingerprint density at radius 1 is 1.19 bits per heavy atom. The number of amides is 1. The van der Waals surface area contributed by atoms with Gasteiger partial charge in [0.05, 0.1) is 23.8 Å². The molecule has 198 valence electrons. The second-order valence-electron chi connectivity index (χ2n) is 10.4. The second-order valence-corrected chi connectivity index (χ2v) is 12.3. The van der Waals surface area contributed by atoms with Crippen LogP contribution in [0.1, 0.15) is 49.2 Å². The molecule has 1 N–H and O–H groups in total. The highest BCUT2D eigenvalue weighted by Crippen LogP contribution is 2.28. The molecule has 2 fully saturated rings. The van der Waals surface area contributed by atoms with Gasteiger partial charge in [-0.15, -0.1) is 0 Å². The summed E-state index contributed by atoms with van der Waals surface area (Å²) in [7, 11) is -3.78. The van der Waals surface area contributed by atoms with Crippen LogP contribution in [-0.2, 0) is 21.3 Å². The summed E-state index contributed by atoms with van der Waals surface area (Å²) in [5, 5.41) is 0.167. The van der Waals surface area contributed by atoms with E-state index >= 15 is 0 Å². The van der Waals surface area contributed by atoms with Crippen molar-refractivity contribution in [3.63, 3.8) is 0 Å². The van der Waals surface area contributed by atoms with E-state index < -0.39 is 21.4 Å². The van der Waals surface area contributed by atoms with Gasteiger partial charge < -0.3 is 19.0 Å². The van der Waals surface area contributed by atoms with Gasteiger partial charge in [0.1, 0.15) is 11.3 Å². The molecule has 0 unspecified atom stereocenters. The third kappa shape index (κ3) is 5.37. The number of H-pyrrole nitrogens is 1. The minimum atomic E-state index is -3.78. The Hall–Kier alpha value is -2.95. The number of nitrogens with one attached hydrogen (secondary N) is 1. The SMILES string of the molecule is C[C@@H]1C[C@@H](C)CN(S(=O)(=O)c2ccc3[nH]cc(C(=O)N(Cc4ccco4)C[C@@H]4CCCO4)c(=O)c3c2)C1. The van der Waals surface area contributed by atoms with Gasteiger partial charge in [0, 0.05) is 43.3 Å². The van der Waals surface area contributed by atoms with Crippen LogP contribution in [0.15, 0.2) is 56.9 Å². The van der Waals surface area contributed by atoms with Gasteiger partial charge in [-0.3, -0.25) is 9.59 Å². The minimum Gasteiger partial charge on any atom is -0.467 e. The van der Waals surface area contributed by atoms with E-state index in [4.69, 9.17) is 9.15 Å². The molecule has 0 bridgehead atoms. The summed E-state index contributed by atoms with van der Waals surface area (Å²) in [6, 6.07) is 8.01. The molecule has 5 rings (SSSR count). The minimum absolute atomic E-state index is 0.0492. The maximum atomic E-state index is 13.6. The van der Waals surface area contributed by atoms with E-state index in [1.165, 1.54) is 22.6 Å². The van der Waals surface area contributed by atoms with Crippen molar-refractivity contribution in [3.05, 3.63) is 64.3 Å². The molecule has 2 aliphatic heterocycles.